The smallest absolute Gasteiger partial charge is 0.337 e. The van der Waals surface area contributed by atoms with Crippen molar-refractivity contribution in [2.45, 2.75) is 13.3 Å². The van der Waals surface area contributed by atoms with Crippen molar-refractivity contribution in [1.82, 2.24) is 0 Å². The lowest BCUT2D eigenvalue weighted by molar-refractivity contribution is 0.0696. The van der Waals surface area contributed by atoms with Crippen molar-refractivity contribution in [2.24, 2.45) is 0 Å². The van der Waals surface area contributed by atoms with Gasteiger partial charge in [-0.25, -0.2) is 4.79 Å². The highest BCUT2D eigenvalue weighted by molar-refractivity contribution is 6.34. The number of fused-ring (bicyclic) bond motifs is 3. The van der Waals surface area contributed by atoms with Gasteiger partial charge < -0.3 is 5.11 Å². The van der Waals surface area contributed by atoms with E-state index in [-0.39, 0.29) is 5.56 Å². The Balaban J connectivity index is 2.36. The van der Waals surface area contributed by atoms with Crippen molar-refractivity contribution < 1.29 is 9.90 Å². The fourth-order valence-corrected chi connectivity index (χ4v) is 2.86. The third kappa shape index (κ3) is 1.46. The number of carboxylic acid groups (broad SMARTS) is 1. The van der Waals surface area contributed by atoms with E-state index >= 15 is 0 Å². The molecule has 90 valence electrons. The molecule has 2 aromatic rings. The van der Waals surface area contributed by atoms with Crippen molar-refractivity contribution >= 4 is 17.6 Å². The molecule has 1 aliphatic carbocycles. The number of hydrogen-bond donors (Lipinski definition) is 1. The summed E-state index contributed by atoms with van der Waals surface area (Å²) in [5.74, 6) is -0.951. The summed E-state index contributed by atoms with van der Waals surface area (Å²) in [6.45, 7) is 1.84. The summed E-state index contributed by atoms with van der Waals surface area (Å²) in [4.78, 5) is 11.4. The highest BCUT2D eigenvalue weighted by Gasteiger charge is 2.26. The predicted molar refractivity (Wildman–Crippen MR) is 71.4 cm³/mol. The van der Waals surface area contributed by atoms with Gasteiger partial charge in [-0.3, -0.25) is 0 Å². The Kier molecular flexibility index (Phi) is 2.42. The minimum absolute atomic E-state index is 0.253. The van der Waals surface area contributed by atoms with Crippen LogP contribution in [0.4, 0.5) is 0 Å². The van der Waals surface area contributed by atoms with Gasteiger partial charge in [-0.05, 0) is 47.2 Å². The number of aryl methyl sites for hydroxylation is 1. The number of aromatic carboxylic acids is 1. The Bertz CT molecular complexity index is 674. The Morgan fingerprint density at radius 3 is 2.72 bits per heavy atom. The summed E-state index contributed by atoms with van der Waals surface area (Å²) in [5, 5.41) is 9.70. The molecule has 0 spiro atoms. The zero-order valence-corrected chi connectivity index (χ0v) is 10.6. The first-order valence-corrected chi connectivity index (χ1v) is 6.11. The molecule has 2 aromatic carbocycles. The molecule has 0 amide bonds. The van der Waals surface area contributed by atoms with Gasteiger partial charge in [0, 0.05) is 0 Å². The van der Waals surface area contributed by atoms with Gasteiger partial charge in [0.15, 0.2) is 0 Å². The van der Waals surface area contributed by atoms with Crippen molar-refractivity contribution in [2.75, 3.05) is 0 Å². The van der Waals surface area contributed by atoms with E-state index in [4.69, 9.17) is 11.6 Å². The second-order valence-electron chi connectivity index (χ2n) is 4.55. The largest absolute Gasteiger partial charge is 0.478 e. The van der Waals surface area contributed by atoms with Gasteiger partial charge in [0.2, 0.25) is 0 Å². The average Bonchev–Trinajstić information content (AvgIpc) is 2.68. The monoisotopic (exact) mass is 258 g/mol. The van der Waals surface area contributed by atoms with Gasteiger partial charge in [-0.15, -0.1) is 0 Å². The van der Waals surface area contributed by atoms with Crippen LogP contribution in [-0.2, 0) is 6.42 Å². The van der Waals surface area contributed by atoms with Gasteiger partial charge in [0.25, 0.3) is 0 Å². The number of hydrogen-bond acceptors (Lipinski definition) is 1. The number of rotatable bonds is 1. The van der Waals surface area contributed by atoms with Crippen molar-refractivity contribution in [3.63, 3.8) is 0 Å². The standard InChI is InChI=1S/C15H11ClO2/c1-8-6-11-10-5-3-2-4-9(10)7-12(11)13(14(8)16)15(17)18/h2-6H,7H2,1H3,(H,17,18). The first-order chi connectivity index (χ1) is 8.59. The van der Waals surface area contributed by atoms with Crippen LogP contribution in [0.15, 0.2) is 30.3 Å². The second-order valence-corrected chi connectivity index (χ2v) is 4.93. The third-order valence-corrected chi connectivity index (χ3v) is 3.93. The first kappa shape index (κ1) is 11.3. The third-order valence-electron chi connectivity index (χ3n) is 3.44. The molecule has 3 rings (SSSR count). The predicted octanol–water partition coefficient (Wildman–Crippen LogP) is 3.92. The minimum Gasteiger partial charge on any atom is -0.478 e. The van der Waals surface area contributed by atoms with Crippen LogP contribution < -0.4 is 0 Å². The van der Waals surface area contributed by atoms with Gasteiger partial charge in [-0.2, -0.15) is 0 Å². The van der Waals surface area contributed by atoms with E-state index in [0.717, 1.165) is 27.8 Å². The van der Waals surface area contributed by atoms with E-state index in [1.54, 1.807) is 0 Å². The Morgan fingerprint density at radius 2 is 2.00 bits per heavy atom. The zero-order valence-electron chi connectivity index (χ0n) is 9.83. The highest BCUT2D eigenvalue weighted by Crippen LogP contribution is 2.41. The van der Waals surface area contributed by atoms with Crippen LogP contribution in [0, 0.1) is 6.92 Å². The number of benzene rings is 2. The topological polar surface area (TPSA) is 37.3 Å². The molecular formula is C15H11ClO2. The summed E-state index contributed by atoms with van der Waals surface area (Å²) in [5.41, 5.74) is 5.18. The molecule has 0 atom stereocenters. The van der Waals surface area contributed by atoms with Gasteiger partial charge >= 0.3 is 5.97 Å². The molecule has 0 aromatic heterocycles. The number of carbonyl (C=O) groups is 1. The number of carboxylic acids is 1. The van der Waals surface area contributed by atoms with Crippen LogP contribution in [0.2, 0.25) is 5.02 Å². The molecule has 1 N–H and O–H groups in total. The lowest BCUT2D eigenvalue weighted by atomic mass is 9.98. The highest BCUT2D eigenvalue weighted by atomic mass is 35.5. The summed E-state index contributed by atoms with van der Waals surface area (Å²) in [7, 11) is 0. The zero-order chi connectivity index (χ0) is 12.9. The summed E-state index contributed by atoms with van der Waals surface area (Å²) >= 11 is 6.13. The SMILES string of the molecule is Cc1cc2c(c(C(=O)O)c1Cl)Cc1ccccc1-2. The second kappa shape index (κ2) is 3.85. The molecule has 0 fully saturated rings. The van der Waals surface area contributed by atoms with E-state index in [1.807, 2.05) is 37.3 Å². The van der Waals surface area contributed by atoms with Crippen LogP contribution in [0.5, 0.6) is 0 Å². The van der Waals surface area contributed by atoms with Gasteiger partial charge in [0.1, 0.15) is 0 Å². The maximum atomic E-state index is 11.4. The van der Waals surface area contributed by atoms with Crippen molar-refractivity contribution in [1.29, 1.82) is 0 Å². The molecular weight excluding hydrogens is 248 g/mol. The summed E-state index contributed by atoms with van der Waals surface area (Å²) in [6, 6.07) is 9.98. The average molecular weight is 259 g/mol. The molecule has 0 unspecified atom stereocenters. The molecule has 0 heterocycles. The Morgan fingerprint density at radius 1 is 1.28 bits per heavy atom. The Hall–Kier alpha value is -1.80. The van der Waals surface area contributed by atoms with E-state index in [1.165, 1.54) is 0 Å². The van der Waals surface area contributed by atoms with E-state index in [9.17, 15) is 9.90 Å². The quantitative estimate of drug-likeness (QED) is 0.718. The van der Waals surface area contributed by atoms with E-state index in [2.05, 4.69) is 0 Å². The molecule has 3 heteroatoms. The maximum Gasteiger partial charge on any atom is 0.337 e. The summed E-state index contributed by atoms with van der Waals surface area (Å²) < 4.78 is 0. The number of halogens is 1. The maximum absolute atomic E-state index is 11.4. The van der Waals surface area contributed by atoms with E-state index < -0.39 is 5.97 Å². The molecule has 0 aliphatic heterocycles. The van der Waals surface area contributed by atoms with Crippen LogP contribution in [-0.4, -0.2) is 11.1 Å². The molecule has 0 bridgehead atoms. The van der Waals surface area contributed by atoms with Crippen LogP contribution >= 0.6 is 11.6 Å². The molecule has 0 radical (unpaired) electrons. The van der Waals surface area contributed by atoms with Crippen LogP contribution in [0.1, 0.15) is 27.0 Å². The summed E-state index contributed by atoms with van der Waals surface area (Å²) in [6.07, 6.45) is 0.646. The Labute approximate surface area is 110 Å². The van der Waals surface area contributed by atoms with Crippen LogP contribution in [0.25, 0.3) is 11.1 Å². The molecule has 0 saturated carbocycles. The first-order valence-electron chi connectivity index (χ1n) is 5.73. The van der Waals surface area contributed by atoms with Gasteiger partial charge in [-0.1, -0.05) is 35.9 Å². The minimum atomic E-state index is -0.951. The fourth-order valence-electron chi connectivity index (χ4n) is 2.61. The van der Waals surface area contributed by atoms with Gasteiger partial charge in [0.05, 0.1) is 10.6 Å². The van der Waals surface area contributed by atoms with Crippen LogP contribution in [0.3, 0.4) is 0 Å². The fraction of sp³-hybridized carbons (Fsp3) is 0.133. The lowest BCUT2D eigenvalue weighted by Gasteiger charge is -2.10. The lowest BCUT2D eigenvalue weighted by Crippen LogP contribution is -2.04. The molecule has 0 saturated heterocycles. The molecule has 18 heavy (non-hydrogen) atoms. The molecule has 1 aliphatic rings. The molecule has 2 nitrogen and oxygen atoms in total. The normalized spacial score (nSPS) is 12.1. The van der Waals surface area contributed by atoms with E-state index in [0.29, 0.717) is 11.4 Å². The van der Waals surface area contributed by atoms with Crippen molar-refractivity contribution in [3.8, 4) is 11.1 Å². The van der Waals surface area contributed by atoms with Crippen molar-refractivity contribution in [3.05, 3.63) is 57.6 Å².